The molecule has 0 saturated carbocycles. The van der Waals surface area contributed by atoms with Gasteiger partial charge in [0.15, 0.2) is 0 Å². The number of hydrogen-bond acceptors (Lipinski definition) is 4. The zero-order valence-corrected chi connectivity index (χ0v) is 9.84. The van der Waals surface area contributed by atoms with Crippen LogP contribution < -0.4 is 5.73 Å². The summed E-state index contributed by atoms with van der Waals surface area (Å²) in [6.07, 6.45) is 2.19. The van der Waals surface area contributed by atoms with Gasteiger partial charge in [-0.15, -0.1) is 0 Å². The number of aromatic nitrogens is 4. The Bertz CT molecular complexity index is 500. The van der Waals surface area contributed by atoms with E-state index in [1.807, 2.05) is 13.8 Å². The third kappa shape index (κ3) is 1.74. The van der Waals surface area contributed by atoms with Gasteiger partial charge < -0.3 is 10.7 Å². The molecule has 2 aromatic heterocycles. The number of hydrogen-bond donors (Lipinski definition) is 2. The lowest BCUT2D eigenvalue weighted by molar-refractivity contribution is 1.04. The number of rotatable bonds is 2. The van der Waals surface area contributed by atoms with E-state index in [9.17, 15) is 0 Å². The number of nitrogen functional groups attached to an aromatic ring is 1. The van der Waals surface area contributed by atoms with Crippen LogP contribution in [0.25, 0.3) is 11.4 Å². The van der Waals surface area contributed by atoms with Crippen molar-refractivity contribution in [3.8, 4) is 11.4 Å². The summed E-state index contributed by atoms with van der Waals surface area (Å²) < 4.78 is 0. The average Bonchev–Trinajstić information content (AvgIpc) is 2.59. The van der Waals surface area contributed by atoms with E-state index in [0.717, 1.165) is 17.8 Å². The molecule has 16 heavy (non-hydrogen) atoms. The molecule has 0 aromatic carbocycles. The van der Waals surface area contributed by atoms with E-state index in [4.69, 9.17) is 17.3 Å². The van der Waals surface area contributed by atoms with Crippen molar-refractivity contribution in [1.29, 1.82) is 0 Å². The predicted octanol–water partition coefficient (Wildman–Crippen LogP) is 1.97. The molecule has 2 heterocycles. The van der Waals surface area contributed by atoms with Crippen molar-refractivity contribution in [2.45, 2.75) is 20.3 Å². The van der Waals surface area contributed by atoms with Crippen LogP contribution in [0.3, 0.4) is 0 Å². The van der Waals surface area contributed by atoms with Gasteiger partial charge in [-0.05, 0) is 13.3 Å². The Hall–Kier alpha value is -1.62. The Kier molecular flexibility index (Phi) is 2.78. The summed E-state index contributed by atoms with van der Waals surface area (Å²) in [5, 5.41) is 0.309. The van der Waals surface area contributed by atoms with Crippen LogP contribution in [0.2, 0.25) is 5.15 Å². The van der Waals surface area contributed by atoms with Gasteiger partial charge >= 0.3 is 0 Å². The van der Waals surface area contributed by atoms with Crippen LogP contribution in [-0.2, 0) is 6.42 Å². The summed E-state index contributed by atoms with van der Waals surface area (Å²) in [5.74, 6) is 0.953. The smallest absolute Gasteiger partial charge is 0.145 e. The van der Waals surface area contributed by atoms with Crippen LogP contribution in [0.15, 0.2) is 6.33 Å². The fraction of sp³-hybridized carbons (Fsp3) is 0.300. The van der Waals surface area contributed by atoms with Gasteiger partial charge in [0.1, 0.15) is 23.1 Å². The highest BCUT2D eigenvalue weighted by molar-refractivity contribution is 6.32. The number of aromatic amines is 1. The minimum atomic E-state index is 0.309. The molecule has 5 nitrogen and oxygen atoms in total. The molecule has 0 bridgehead atoms. The zero-order valence-electron chi connectivity index (χ0n) is 9.08. The number of aryl methyl sites for hydroxylation is 2. The van der Waals surface area contributed by atoms with Gasteiger partial charge in [-0.3, -0.25) is 0 Å². The number of H-pyrrole nitrogens is 1. The Labute approximate surface area is 98.1 Å². The molecule has 2 rings (SSSR count). The Balaban J connectivity index is 2.58. The van der Waals surface area contributed by atoms with Crippen LogP contribution in [0.5, 0.6) is 0 Å². The van der Waals surface area contributed by atoms with Gasteiger partial charge in [-0.1, -0.05) is 18.5 Å². The summed E-state index contributed by atoms with van der Waals surface area (Å²) in [4.78, 5) is 15.4. The van der Waals surface area contributed by atoms with Crippen LogP contribution in [0.4, 0.5) is 5.82 Å². The summed E-state index contributed by atoms with van der Waals surface area (Å²) in [7, 11) is 0. The summed E-state index contributed by atoms with van der Waals surface area (Å²) in [6, 6.07) is 0. The van der Waals surface area contributed by atoms with Gasteiger partial charge in [0.05, 0.1) is 11.3 Å². The summed E-state index contributed by atoms with van der Waals surface area (Å²) in [5.41, 5.74) is 8.33. The van der Waals surface area contributed by atoms with E-state index in [-0.39, 0.29) is 0 Å². The monoisotopic (exact) mass is 237 g/mol. The molecule has 0 spiro atoms. The van der Waals surface area contributed by atoms with Crippen molar-refractivity contribution >= 4 is 17.4 Å². The maximum Gasteiger partial charge on any atom is 0.145 e. The summed E-state index contributed by atoms with van der Waals surface area (Å²) in [6.45, 7) is 4.00. The first kappa shape index (κ1) is 10.9. The molecule has 0 aliphatic heterocycles. The molecule has 0 amide bonds. The van der Waals surface area contributed by atoms with E-state index >= 15 is 0 Å². The molecule has 0 unspecified atom stereocenters. The van der Waals surface area contributed by atoms with Gasteiger partial charge in [-0.2, -0.15) is 0 Å². The number of nitrogens with two attached hydrogens (primary N) is 1. The molecule has 3 N–H and O–H groups in total. The van der Waals surface area contributed by atoms with Crippen LogP contribution >= 0.6 is 11.6 Å². The molecule has 0 radical (unpaired) electrons. The molecule has 84 valence electrons. The number of nitrogens with zero attached hydrogens (tertiary/aromatic N) is 3. The van der Waals surface area contributed by atoms with Crippen molar-refractivity contribution in [3.63, 3.8) is 0 Å². The first-order chi connectivity index (χ1) is 7.63. The molecule has 6 heteroatoms. The van der Waals surface area contributed by atoms with Crippen molar-refractivity contribution < 1.29 is 0 Å². The Morgan fingerprint density at radius 3 is 2.75 bits per heavy atom. The van der Waals surface area contributed by atoms with E-state index < -0.39 is 0 Å². The summed E-state index contributed by atoms with van der Waals surface area (Å²) >= 11 is 5.98. The minimum Gasteiger partial charge on any atom is -0.383 e. The molecule has 2 aromatic rings. The standard InChI is InChI=1S/C10H12ClN5/c1-3-6-5(2)15-10(16-6)7-8(11)13-4-14-9(7)12/h4H,3H2,1-2H3,(H,15,16)(H2,12,13,14). The highest BCUT2D eigenvalue weighted by atomic mass is 35.5. The van der Waals surface area contributed by atoms with Gasteiger partial charge in [0.25, 0.3) is 0 Å². The van der Waals surface area contributed by atoms with Crippen molar-refractivity contribution in [2.75, 3.05) is 5.73 Å². The maximum absolute atomic E-state index is 5.98. The molecule has 0 aliphatic rings. The SMILES string of the molecule is CCc1nc(-c2c(N)ncnc2Cl)[nH]c1C. The lowest BCUT2D eigenvalue weighted by Gasteiger charge is -2.01. The lowest BCUT2D eigenvalue weighted by Crippen LogP contribution is -1.97. The fourth-order valence-electron chi connectivity index (χ4n) is 1.55. The van der Waals surface area contributed by atoms with Crippen LogP contribution in [0, 0.1) is 6.92 Å². The number of anilines is 1. The maximum atomic E-state index is 5.98. The first-order valence-electron chi connectivity index (χ1n) is 4.95. The molecule has 0 atom stereocenters. The average molecular weight is 238 g/mol. The molecule has 0 saturated heterocycles. The molecule has 0 fully saturated rings. The van der Waals surface area contributed by atoms with E-state index in [2.05, 4.69) is 19.9 Å². The third-order valence-corrected chi connectivity index (χ3v) is 2.67. The van der Waals surface area contributed by atoms with Crippen molar-refractivity contribution in [3.05, 3.63) is 22.9 Å². The van der Waals surface area contributed by atoms with Gasteiger partial charge in [0.2, 0.25) is 0 Å². The number of imidazole rings is 1. The quantitative estimate of drug-likeness (QED) is 0.783. The van der Waals surface area contributed by atoms with Gasteiger partial charge in [-0.25, -0.2) is 15.0 Å². The number of halogens is 1. The van der Waals surface area contributed by atoms with Crippen molar-refractivity contribution in [2.24, 2.45) is 0 Å². The van der Waals surface area contributed by atoms with Gasteiger partial charge in [0, 0.05) is 5.69 Å². The topological polar surface area (TPSA) is 80.5 Å². The van der Waals surface area contributed by atoms with E-state index in [1.165, 1.54) is 6.33 Å². The first-order valence-corrected chi connectivity index (χ1v) is 5.33. The highest BCUT2D eigenvalue weighted by Crippen LogP contribution is 2.28. The minimum absolute atomic E-state index is 0.309. The predicted molar refractivity (Wildman–Crippen MR) is 63.2 cm³/mol. The van der Waals surface area contributed by atoms with Crippen LogP contribution in [-0.4, -0.2) is 19.9 Å². The van der Waals surface area contributed by atoms with Crippen LogP contribution in [0.1, 0.15) is 18.3 Å². The van der Waals surface area contributed by atoms with E-state index in [0.29, 0.717) is 22.4 Å². The zero-order chi connectivity index (χ0) is 11.7. The largest absolute Gasteiger partial charge is 0.383 e. The Morgan fingerprint density at radius 2 is 2.19 bits per heavy atom. The second kappa shape index (κ2) is 4.09. The Morgan fingerprint density at radius 1 is 1.44 bits per heavy atom. The second-order valence-electron chi connectivity index (χ2n) is 3.44. The highest BCUT2D eigenvalue weighted by Gasteiger charge is 2.14. The van der Waals surface area contributed by atoms with E-state index in [1.54, 1.807) is 0 Å². The lowest BCUT2D eigenvalue weighted by atomic mass is 10.3. The normalized spacial score (nSPS) is 10.7. The number of nitrogens with one attached hydrogen (secondary N) is 1. The second-order valence-corrected chi connectivity index (χ2v) is 3.79. The van der Waals surface area contributed by atoms with Crippen molar-refractivity contribution in [1.82, 2.24) is 19.9 Å². The fourth-order valence-corrected chi connectivity index (χ4v) is 1.78. The third-order valence-electron chi connectivity index (χ3n) is 2.39. The molecular formula is C10H12ClN5. The molecular weight excluding hydrogens is 226 g/mol. The molecule has 0 aliphatic carbocycles.